The number of nitrogens with two attached hydrogens (primary N) is 1. The highest BCUT2D eigenvalue weighted by Gasteiger charge is 2.18. The molecule has 0 aliphatic carbocycles. The summed E-state index contributed by atoms with van der Waals surface area (Å²) in [6, 6.07) is 5.83. The van der Waals surface area contributed by atoms with E-state index in [4.69, 9.17) is 5.73 Å². The van der Waals surface area contributed by atoms with Gasteiger partial charge in [0.15, 0.2) is 5.65 Å². The fourth-order valence-electron chi connectivity index (χ4n) is 2.42. The van der Waals surface area contributed by atoms with Crippen LogP contribution in [-0.2, 0) is 6.54 Å². The summed E-state index contributed by atoms with van der Waals surface area (Å²) < 4.78 is 3.09. The fraction of sp³-hybridized carbons (Fsp3) is 0.500. The number of likely N-dealkylation sites (tertiary alicyclic amines) is 1. The third-order valence-electron chi connectivity index (χ3n) is 3.43. The second-order valence-corrected chi connectivity index (χ2v) is 4.78. The zero-order valence-electron chi connectivity index (χ0n) is 10.6. The number of pyridine rings is 1. The smallest absolute Gasteiger partial charge is 0.326 e. The van der Waals surface area contributed by atoms with Gasteiger partial charge in [-0.2, -0.15) is 0 Å². The van der Waals surface area contributed by atoms with Crippen LogP contribution in [0.15, 0.2) is 29.2 Å². The molecule has 3 heterocycles. The third kappa shape index (κ3) is 2.80. The van der Waals surface area contributed by atoms with Crippen molar-refractivity contribution >= 4 is 18.1 Å². The van der Waals surface area contributed by atoms with E-state index in [1.807, 2.05) is 18.2 Å². The molecule has 1 saturated heterocycles. The molecule has 6 nitrogen and oxygen atoms in total. The molecule has 0 saturated carbocycles. The zero-order valence-corrected chi connectivity index (χ0v) is 11.4. The molecule has 7 heteroatoms. The summed E-state index contributed by atoms with van der Waals surface area (Å²) in [6.07, 6.45) is 2.78. The van der Waals surface area contributed by atoms with Gasteiger partial charge in [0.2, 0.25) is 0 Å². The van der Waals surface area contributed by atoms with Gasteiger partial charge in [-0.05, 0) is 25.1 Å². The van der Waals surface area contributed by atoms with Crippen LogP contribution < -0.4 is 11.4 Å². The van der Waals surface area contributed by atoms with Gasteiger partial charge < -0.3 is 5.73 Å². The van der Waals surface area contributed by atoms with Gasteiger partial charge in [-0.1, -0.05) is 6.07 Å². The number of fused-ring (bicyclic) bond motifs is 1. The van der Waals surface area contributed by atoms with Crippen LogP contribution in [0.4, 0.5) is 0 Å². The topological polar surface area (TPSA) is 68.6 Å². The monoisotopic (exact) mass is 283 g/mol. The minimum absolute atomic E-state index is 0. The Bertz CT molecular complexity index is 607. The van der Waals surface area contributed by atoms with Crippen molar-refractivity contribution in [1.82, 2.24) is 19.1 Å². The molecule has 0 bridgehead atoms. The first-order valence-electron chi connectivity index (χ1n) is 6.26. The van der Waals surface area contributed by atoms with Crippen molar-refractivity contribution < 1.29 is 0 Å². The molecule has 0 spiro atoms. The lowest BCUT2D eigenvalue weighted by atomic mass is 10.3. The van der Waals surface area contributed by atoms with Gasteiger partial charge in [0, 0.05) is 25.3 Å². The number of hydrogen-bond donors (Lipinski definition) is 1. The highest BCUT2D eigenvalue weighted by Crippen LogP contribution is 2.06. The van der Waals surface area contributed by atoms with Crippen LogP contribution in [0, 0.1) is 0 Å². The standard InChI is InChI=1S/C12H17N5O.ClH/c13-10-4-6-15(9-10)7-8-17-12(18)16-5-2-1-3-11(16)14-17;/h1-3,5,10H,4,6-9,13H2;1H/t10-;/m1./s1. The first-order chi connectivity index (χ1) is 8.74. The summed E-state index contributed by atoms with van der Waals surface area (Å²) in [5, 5.41) is 4.30. The molecule has 1 fully saturated rings. The molecule has 2 N–H and O–H groups in total. The van der Waals surface area contributed by atoms with E-state index in [0.29, 0.717) is 12.2 Å². The predicted octanol–water partition coefficient (Wildman–Crippen LogP) is -0.0492. The molecule has 2 aromatic rings. The Morgan fingerprint density at radius 3 is 2.89 bits per heavy atom. The Balaban J connectivity index is 0.00000133. The summed E-state index contributed by atoms with van der Waals surface area (Å²) in [7, 11) is 0. The number of hydrogen-bond acceptors (Lipinski definition) is 4. The van der Waals surface area contributed by atoms with Crippen LogP contribution in [0.25, 0.3) is 5.65 Å². The molecule has 3 rings (SSSR count). The average Bonchev–Trinajstić information content (AvgIpc) is 2.92. The van der Waals surface area contributed by atoms with E-state index >= 15 is 0 Å². The van der Waals surface area contributed by atoms with Crippen LogP contribution >= 0.6 is 12.4 Å². The van der Waals surface area contributed by atoms with E-state index in [-0.39, 0.29) is 24.1 Å². The third-order valence-corrected chi connectivity index (χ3v) is 3.43. The van der Waals surface area contributed by atoms with Gasteiger partial charge in [0.05, 0.1) is 6.54 Å². The van der Waals surface area contributed by atoms with E-state index in [1.54, 1.807) is 10.6 Å². The Morgan fingerprint density at radius 2 is 2.21 bits per heavy atom. The van der Waals surface area contributed by atoms with Crippen molar-refractivity contribution in [2.75, 3.05) is 19.6 Å². The van der Waals surface area contributed by atoms with Crippen LogP contribution in [0.1, 0.15) is 6.42 Å². The normalized spacial score (nSPS) is 19.7. The fourth-order valence-corrected chi connectivity index (χ4v) is 2.42. The van der Waals surface area contributed by atoms with Crippen LogP contribution in [0.5, 0.6) is 0 Å². The second-order valence-electron chi connectivity index (χ2n) is 4.78. The number of halogens is 1. The number of aromatic nitrogens is 3. The quantitative estimate of drug-likeness (QED) is 0.858. The number of rotatable bonds is 3. The summed E-state index contributed by atoms with van der Waals surface area (Å²) in [4.78, 5) is 14.3. The lowest BCUT2D eigenvalue weighted by Crippen LogP contribution is -2.32. The lowest BCUT2D eigenvalue weighted by molar-refractivity contribution is 0.310. The maximum atomic E-state index is 12.0. The SMILES string of the molecule is Cl.N[C@@H]1CCN(CCn2nc3ccccn3c2=O)C1. The molecule has 0 aromatic carbocycles. The first kappa shape index (κ1) is 14.0. The average molecular weight is 284 g/mol. The molecular weight excluding hydrogens is 266 g/mol. The minimum atomic E-state index is -0.0749. The molecule has 1 aliphatic rings. The van der Waals surface area contributed by atoms with Gasteiger partial charge in [0.1, 0.15) is 0 Å². The van der Waals surface area contributed by atoms with Crippen molar-refractivity contribution in [2.24, 2.45) is 5.73 Å². The molecule has 19 heavy (non-hydrogen) atoms. The Hall–Kier alpha value is -1.37. The second kappa shape index (κ2) is 5.73. The van der Waals surface area contributed by atoms with Gasteiger partial charge in [-0.3, -0.25) is 9.30 Å². The highest BCUT2D eigenvalue weighted by atomic mass is 35.5. The summed E-state index contributed by atoms with van der Waals surface area (Å²) >= 11 is 0. The van der Waals surface area contributed by atoms with Gasteiger partial charge in [-0.25, -0.2) is 9.48 Å². The Morgan fingerprint density at radius 1 is 1.37 bits per heavy atom. The van der Waals surface area contributed by atoms with E-state index in [0.717, 1.165) is 26.1 Å². The molecular formula is C12H18ClN5O. The van der Waals surface area contributed by atoms with Crippen molar-refractivity contribution in [2.45, 2.75) is 19.0 Å². The maximum Gasteiger partial charge on any atom is 0.350 e. The molecule has 104 valence electrons. The highest BCUT2D eigenvalue weighted by molar-refractivity contribution is 5.85. The maximum absolute atomic E-state index is 12.0. The van der Waals surface area contributed by atoms with Crippen LogP contribution in [-0.4, -0.2) is 44.8 Å². The Labute approximate surface area is 117 Å². The van der Waals surface area contributed by atoms with Gasteiger partial charge in [-0.15, -0.1) is 17.5 Å². The first-order valence-corrected chi connectivity index (χ1v) is 6.26. The van der Waals surface area contributed by atoms with Gasteiger partial charge in [0.25, 0.3) is 0 Å². The van der Waals surface area contributed by atoms with E-state index in [9.17, 15) is 4.79 Å². The molecule has 2 aromatic heterocycles. The Kier molecular flexibility index (Phi) is 4.24. The summed E-state index contributed by atoms with van der Waals surface area (Å²) in [5.74, 6) is 0. The number of nitrogens with zero attached hydrogens (tertiary/aromatic N) is 4. The summed E-state index contributed by atoms with van der Waals surface area (Å²) in [5.41, 5.74) is 6.48. The van der Waals surface area contributed by atoms with E-state index in [2.05, 4.69) is 10.00 Å². The molecule has 1 atom stereocenters. The molecule has 0 unspecified atom stereocenters. The van der Waals surface area contributed by atoms with Crippen molar-refractivity contribution in [3.8, 4) is 0 Å². The molecule has 1 aliphatic heterocycles. The van der Waals surface area contributed by atoms with Gasteiger partial charge >= 0.3 is 5.69 Å². The van der Waals surface area contributed by atoms with Crippen LogP contribution in [0.3, 0.4) is 0 Å². The molecule has 0 amide bonds. The zero-order chi connectivity index (χ0) is 12.5. The summed E-state index contributed by atoms with van der Waals surface area (Å²) in [6.45, 7) is 3.39. The minimum Gasteiger partial charge on any atom is -0.326 e. The molecule has 0 radical (unpaired) electrons. The van der Waals surface area contributed by atoms with E-state index in [1.165, 1.54) is 4.68 Å². The van der Waals surface area contributed by atoms with Crippen LogP contribution in [0.2, 0.25) is 0 Å². The lowest BCUT2D eigenvalue weighted by Gasteiger charge is -2.13. The predicted molar refractivity (Wildman–Crippen MR) is 75.7 cm³/mol. The van der Waals surface area contributed by atoms with E-state index < -0.39 is 0 Å². The van der Waals surface area contributed by atoms with Crippen molar-refractivity contribution in [3.05, 3.63) is 34.9 Å². The largest absolute Gasteiger partial charge is 0.350 e. The van der Waals surface area contributed by atoms with Crippen molar-refractivity contribution in [1.29, 1.82) is 0 Å². The van der Waals surface area contributed by atoms with Crippen molar-refractivity contribution in [3.63, 3.8) is 0 Å².